The number of rotatable bonds is 8. The summed E-state index contributed by atoms with van der Waals surface area (Å²) in [7, 11) is 0. The highest BCUT2D eigenvalue weighted by molar-refractivity contribution is 6.13. The average Bonchev–Trinajstić information content (AvgIpc) is 3.69. The molecule has 0 saturated carbocycles. The van der Waals surface area contributed by atoms with Crippen molar-refractivity contribution in [1.82, 2.24) is 4.98 Å². The van der Waals surface area contributed by atoms with Crippen molar-refractivity contribution in [3.63, 3.8) is 0 Å². The van der Waals surface area contributed by atoms with Crippen molar-refractivity contribution >= 4 is 66.8 Å². The molecule has 0 radical (unpaired) electrons. The van der Waals surface area contributed by atoms with Crippen LogP contribution in [-0.2, 0) is 0 Å². The average molecular weight is 706 g/mol. The van der Waals surface area contributed by atoms with Crippen molar-refractivity contribution in [3.8, 4) is 22.6 Å². The van der Waals surface area contributed by atoms with Gasteiger partial charge in [0, 0.05) is 39.4 Å². The van der Waals surface area contributed by atoms with Crippen LogP contribution in [-0.4, -0.2) is 4.98 Å². The summed E-state index contributed by atoms with van der Waals surface area (Å²) < 4.78 is 6.67. The van der Waals surface area contributed by atoms with E-state index in [4.69, 9.17) is 9.40 Å². The van der Waals surface area contributed by atoms with E-state index in [9.17, 15) is 0 Å². The molecule has 0 fully saturated rings. The van der Waals surface area contributed by atoms with E-state index >= 15 is 0 Å². The lowest BCUT2D eigenvalue weighted by Crippen LogP contribution is -2.12. The molecule has 1 heterocycles. The predicted molar refractivity (Wildman–Crippen MR) is 229 cm³/mol. The topological polar surface area (TPSA) is 32.5 Å². The molecule has 4 heteroatoms. The molecule has 4 nitrogen and oxygen atoms in total. The smallest absolute Gasteiger partial charge is 0.227 e. The number of para-hydroxylation sites is 2. The van der Waals surface area contributed by atoms with Gasteiger partial charge in [0.25, 0.3) is 0 Å². The third-order valence-corrected chi connectivity index (χ3v) is 10.2. The lowest BCUT2D eigenvalue weighted by Gasteiger charge is -2.28. The highest BCUT2D eigenvalue weighted by atomic mass is 16.3. The van der Waals surface area contributed by atoms with Gasteiger partial charge in [-0.25, -0.2) is 4.98 Å². The van der Waals surface area contributed by atoms with Crippen molar-refractivity contribution in [3.05, 3.63) is 212 Å². The minimum Gasteiger partial charge on any atom is -0.436 e. The van der Waals surface area contributed by atoms with Gasteiger partial charge in [0.15, 0.2) is 5.58 Å². The number of anilines is 6. The van der Waals surface area contributed by atoms with Crippen LogP contribution in [0.4, 0.5) is 34.1 Å². The first-order valence-electron chi connectivity index (χ1n) is 18.5. The van der Waals surface area contributed by atoms with Crippen molar-refractivity contribution in [2.45, 2.75) is 0 Å². The van der Waals surface area contributed by atoms with E-state index in [1.165, 1.54) is 21.9 Å². The van der Waals surface area contributed by atoms with Gasteiger partial charge in [-0.1, -0.05) is 133 Å². The number of aromatic nitrogens is 1. The monoisotopic (exact) mass is 705 g/mol. The van der Waals surface area contributed by atoms with Crippen LogP contribution in [0.25, 0.3) is 55.2 Å². The molecule has 260 valence electrons. The van der Waals surface area contributed by atoms with Gasteiger partial charge in [0.05, 0.1) is 5.69 Å². The molecule has 10 aromatic rings. The molecule has 0 unspecified atom stereocenters. The van der Waals surface area contributed by atoms with Crippen LogP contribution in [0.15, 0.2) is 217 Å². The molecule has 0 atom stereocenters. The molecular weight excluding hydrogens is 671 g/mol. The van der Waals surface area contributed by atoms with Gasteiger partial charge in [0.1, 0.15) is 5.52 Å². The Balaban J connectivity index is 1.21. The maximum absolute atomic E-state index is 6.67. The molecule has 9 aromatic carbocycles. The Morgan fingerprint density at radius 2 is 0.836 bits per heavy atom. The highest BCUT2D eigenvalue weighted by Crippen LogP contribution is 2.46. The summed E-state index contributed by atoms with van der Waals surface area (Å²) in [6.45, 7) is 0. The third kappa shape index (κ3) is 6.06. The van der Waals surface area contributed by atoms with Crippen molar-refractivity contribution in [2.75, 3.05) is 9.80 Å². The van der Waals surface area contributed by atoms with E-state index < -0.39 is 0 Å². The Bertz CT molecular complexity index is 2910. The maximum Gasteiger partial charge on any atom is 0.227 e. The number of oxazole rings is 1. The molecule has 0 saturated heterocycles. The molecule has 0 N–H and O–H groups in total. The zero-order valence-electron chi connectivity index (χ0n) is 30.0. The number of hydrogen-bond donors (Lipinski definition) is 0. The Labute approximate surface area is 319 Å². The largest absolute Gasteiger partial charge is 0.436 e. The van der Waals surface area contributed by atoms with Crippen LogP contribution in [0.3, 0.4) is 0 Å². The molecule has 0 spiro atoms. The minimum atomic E-state index is 0.586. The molecule has 1 aromatic heterocycles. The van der Waals surface area contributed by atoms with Gasteiger partial charge >= 0.3 is 0 Å². The molecule has 0 bridgehead atoms. The van der Waals surface area contributed by atoms with E-state index in [0.717, 1.165) is 61.6 Å². The summed E-state index contributed by atoms with van der Waals surface area (Å²) in [6, 6.07) is 74.5. The summed E-state index contributed by atoms with van der Waals surface area (Å²) in [5.74, 6) is 0.586. The number of benzene rings is 9. The Hall–Kier alpha value is -7.43. The Kier molecular flexibility index (Phi) is 8.12. The van der Waals surface area contributed by atoms with Gasteiger partial charge < -0.3 is 14.2 Å². The van der Waals surface area contributed by atoms with Gasteiger partial charge in [-0.05, 0) is 106 Å². The second-order valence-electron chi connectivity index (χ2n) is 13.6. The third-order valence-electron chi connectivity index (χ3n) is 10.2. The zero-order chi connectivity index (χ0) is 36.6. The fourth-order valence-corrected chi connectivity index (χ4v) is 7.58. The standard InChI is InChI=1S/C51H35N3O/c1-5-15-36(16-6-1)38-25-28-44(29-26-38)53(42-21-9-3-10-22-42)45-31-32-47-41(34-45)35-48-49(52-51(55-48)39-18-7-2-8-19-39)50(47)54(43-23-11-4-12-24-43)46-30-27-37-17-13-14-20-40(37)33-46/h1-35H. The maximum atomic E-state index is 6.67. The van der Waals surface area contributed by atoms with Crippen molar-refractivity contribution in [1.29, 1.82) is 0 Å². The fraction of sp³-hybridized carbons (Fsp3) is 0. The van der Waals surface area contributed by atoms with E-state index in [-0.39, 0.29) is 0 Å². The second kappa shape index (κ2) is 13.8. The van der Waals surface area contributed by atoms with Gasteiger partial charge in [-0.2, -0.15) is 0 Å². The normalized spacial score (nSPS) is 11.3. The van der Waals surface area contributed by atoms with Crippen molar-refractivity contribution < 1.29 is 4.42 Å². The first-order chi connectivity index (χ1) is 27.3. The SMILES string of the molecule is c1ccc(-c2ccc(N(c3ccccc3)c3ccc4c(N(c5ccccc5)c5ccc6ccccc6c5)c5nc(-c6ccccc6)oc5cc4c3)cc2)cc1. The minimum absolute atomic E-state index is 0.586. The lowest BCUT2D eigenvalue weighted by atomic mass is 10.0. The van der Waals surface area contributed by atoms with E-state index in [0.29, 0.717) is 5.89 Å². The van der Waals surface area contributed by atoms with Crippen LogP contribution in [0, 0.1) is 0 Å². The zero-order valence-corrected chi connectivity index (χ0v) is 30.0. The van der Waals surface area contributed by atoms with Crippen LogP contribution in [0.2, 0.25) is 0 Å². The predicted octanol–water partition coefficient (Wildman–Crippen LogP) is 14.4. The molecular formula is C51H35N3O. The summed E-state index contributed by atoms with van der Waals surface area (Å²) in [5, 5.41) is 4.46. The first-order valence-corrected chi connectivity index (χ1v) is 18.5. The quantitative estimate of drug-likeness (QED) is 0.158. The number of nitrogens with zero attached hydrogens (tertiary/aromatic N) is 3. The van der Waals surface area contributed by atoms with Gasteiger partial charge in [-0.15, -0.1) is 0 Å². The van der Waals surface area contributed by atoms with Crippen molar-refractivity contribution in [2.24, 2.45) is 0 Å². The molecule has 55 heavy (non-hydrogen) atoms. The summed E-state index contributed by atoms with van der Waals surface area (Å²) in [5.41, 5.74) is 11.0. The lowest BCUT2D eigenvalue weighted by molar-refractivity contribution is 0.620. The van der Waals surface area contributed by atoms with Crippen LogP contribution in [0.5, 0.6) is 0 Å². The molecule has 0 amide bonds. The summed E-state index contributed by atoms with van der Waals surface area (Å²) >= 11 is 0. The summed E-state index contributed by atoms with van der Waals surface area (Å²) in [4.78, 5) is 9.87. The van der Waals surface area contributed by atoms with E-state index in [2.05, 4.69) is 192 Å². The number of fused-ring (bicyclic) bond motifs is 3. The van der Waals surface area contributed by atoms with Crippen LogP contribution < -0.4 is 9.80 Å². The molecule has 10 rings (SSSR count). The van der Waals surface area contributed by atoms with Gasteiger partial charge in [0.2, 0.25) is 5.89 Å². The second-order valence-corrected chi connectivity index (χ2v) is 13.6. The highest BCUT2D eigenvalue weighted by Gasteiger charge is 2.24. The Morgan fingerprint density at radius 3 is 1.53 bits per heavy atom. The molecule has 0 aliphatic carbocycles. The first kappa shape index (κ1) is 32.2. The van der Waals surface area contributed by atoms with Gasteiger partial charge in [-0.3, -0.25) is 0 Å². The molecule has 0 aliphatic rings. The summed E-state index contributed by atoms with van der Waals surface area (Å²) in [6.07, 6.45) is 0. The molecule has 0 aliphatic heterocycles. The fourth-order valence-electron chi connectivity index (χ4n) is 7.58. The number of hydrogen-bond acceptors (Lipinski definition) is 4. The van der Waals surface area contributed by atoms with E-state index in [1.807, 2.05) is 30.3 Å². The van der Waals surface area contributed by atoms with Crippen LogP contribution >= 0.6 is 0 Å². The van der Waals surface area contributed by atoms with Crippen LogP contribution in [0.1, 0.15) is 0 Å². The Morgan fingerprint density at radius 1 is 0.345 bits per heavy atom. The van der Waals surface area contributed by atoms with E-state index in [1.54, 1.807) is 0 Å².